The molecular weight excluding hydrogens is 244 g/mol. The molecule has 0 unspecified atom stereocenters. The Kier molecular flexibility index (Phi) is 6.50. The molecule has 18 heavy (non-hydrogen) atoms. The Morgan fingerprint density at radius 1 is 0.889 bits per heavy atom. The lowest BCUT2D eigenvalue weighted by atomic mass is 10.1. The van der Waals surface area contributed by atoms with Crippen LogP contribution in [0.15, 0.2) is 0 Å². The molecule has 0 saturated heterocycles. The van der Waals surface area contributed by atoms with Crippen molar-refractivity contribution in [2.75, 3.05) is 13.2 Å². The zero-order valence-corrected chi connectivity index (χ0v) is 9.74. The van der Waals surface area contributed by atoms with Gasteiger partial charge in [0.2, 0.25) is 0 Å². The van der Waals surface area contributed by atoms with Gasteiger partial charge >= 0.3 is 29.1 Å². The molecule has 0 spiro atoms. The van der Waals surface area contributed by atoms with E-state index in [0.29, 0.717) is 0 Å². The van der Waals surface area contributed by atoms with Crippen molar-refractivity contribution < 1.29 is 33.4 Å². The topological polar surface area (TPSA) is 142 Å². The fraction of sp³-hybridized carbons (Fsp3) is 0.444. The second kappa shape index (κ2) is 7.61. The third-order valence-electron chi connectivity index (χ3n) is 1.57. The van der Waals surface area contributed by atoms with Crippen LogP contribution in [-0.2, 0) is 23.9 Å². The van der Waals surface area contributed by atoms with E-state index in [1.807, 2.05) is 0 Å². The predicted octanol–water partition coefficient (Wildman–Crippen LogP) is -0.977. The number of carbonyl (C=O) groups is 3. The Morgan fingerprint density at radius 2 is 1.22 bits per heavy atom. The number of carbonyl (C=O) groups excluding carboxylic acids is 3. The molecule has 0 rings (SSSR count). The van der Waals surface area contributed by atoms with E-state index in [1.165, 1.54) is 13.8 Å². The van der Waals surface area contributed by atoms with Crippen molar-refractivity contribution in [2.24, 2.45) is 0 Å². The molecule has 0 amide bonds. The lowest BCUT2D eigenvalue weighted by molar-refractivity contribution is -0.143. The smallest absolute Gasteiger partial charge is 0.454 e. The number of rotatable bonds is 6. The lowest BCUT2D eigenvalue weighted by Crippen LogP contribution is -2.38. The van der Waals surface area contributed by atoms with E-state index in [9.17, 15) is 14.4 Å². The van der Waals surface area contributed by atoms with Crippen molar-refractivity contribution in [3.05, 3.63) is 11.1 Å². The summed E-state index contributed by atoms with van der Waals surface area (Å²) in [5.74, 6) is -3.91. The number of ether oxygens (including phenoxy) is 2. The van der Waals surface area contributed by atoms with Gasteiger partial charge in [-0.05, 0) is 13.8 Å². The molecule has 0 aromatic rings. The third kappa shape index (κ3) is 3.75. The maximum Gasteiger partial charge on any atom is 0.454 e. The molecule has 0 aliphatic rings. The number of nitrogens with zero attached hydrogens (tertiary/aromatic N) is 4. The third-order valence-corrected chi connectivity index (χ3v) is 1.57. The van der Waals surface area contributed by atoms with Crippen molar-refractivity contribution in [3.63, 3.8) is 0 Å². The summed E-state index contributed by atoms with van der Waals surface area (Å²) >= 11 is 0. The highest BCUT2D eigenvalue weighted by atomic mass is 16.5. The maximum absolute atomic E-state index is 11.6. The Hall–Kier alpha value is -2.63. The number of hydrogen-bond acceptors (Lipinski definition) is 5. The van der Waals surface area contributed by atoms with Gasteiger partial charge in [0.15, 0.2) is 0 Å². The van der Waals surface area contributed by atoms with Gasteiger partial charge in [-0.1, -0.05) is 0 Å². The summed E-state index contributed by atoms with van der Waals surface area (Å²) in [6, 6.07) is 0. The van der Waals surface area contributed by atoms with Crippen LogP contribution in [0, 0.1) is 0 Å². The first-order chi connectivity index (χ1) is 8.53. The van der Waals surface area contributed by atoms with Crippen LogP contribution in [0.5, 0.6) is 0 Å². The fourth-order valence-electron chi connectivity index (χ4n) is 0.869. The Morgan fingerprint density at radius 3 is 1.44 bits per heavy atom. The van der Waals surface area contributed by atoms with Crippen LogP contribution in [0.25, 0.3) is 11.1 Å². The van der Waals surface area contributed by atoms with Gasteiger partial charge in [0.05, 0.1) is 13.2 Å². The largest absolute Gasteiger partial charge is 0.457 e. The first-order valence-electron chi connectivity index (χ1n) is 4.86. The zero-order chi connectivity index (χ0) is 14.1. The minimum Gasteiger partial charge on any atom is -0.457 e. The van der Waals surface area contributed by atoms with Gasteiger partial charge in [-0.25, -0.2) is 9.59 Å². The van der Waals surface area contributed by atoms with E-state index >= 15 is 0 Å². The average molecular weight is 254 g/mol. The van der Waals surface area contributed by atoms with Crippen molar-refractivity contribution in [1.82, 2.24) is 0 Å². The van der Waals surface area contributed by atoms with Crippen molar-refractivity contribution >= 4 is 29.1 Å². The molecule has 0 atom stereocenters. The molecule has 0 N–H and O–H groups in total. The molecule has 0 radical (unpaired) electrons. The number of esters is 2. The number of hydrogen-bond donors (Lipinski definition) is 0. The highest BCUT2D eigenvalue weighted by molar-refractivity contribution is 6.85. The van der Waals surface area contributed by atoms with Crippen LogP contribution in [0.4, 0.5) is 0 Å². The van der Waals surface area contributed by atoms with Crippen LogP contribution in [-0.4, -0.2) is 51.9 Å². The van der Waals surface area contributed by atoms with Crippen molar-refractivity contribution in [3.8, 4) is 0 Å². The van der Waals surface area contributed by atoms with E-state index in [2.05, 4.69) is 19.1 Å². The highest BCUT2D eigenvalue weighted by Gasteiger charge is 2.44. The molecular formula is C9H10N4O5. The first kappa shape index (κ1) is 15.4. The summed E-state index contributed by atoms with van der Waals surface area (Å²) in [5.41, 5.74) is 14.9. The molecule has 0 aliphatic carbocycles. The minimum atomic E-state index is -1.41. The standard InChI is InChI=1S/C9H10N4O5/c1-3-17-8(15)5(12-10)7(14)6(13-11)9(16)18-4-2/h3-4H2,1-2H3. The summed E-state index contributed by atoms with van der Waals surface area (Å²) in [7, 11) is 0. The van der Waals surface area contributed by atoms with Gasteiger partial charge < -0.3 is 20.5 Å². The van der Waals surface area contributed by atoms with Gasteiger partial charge in [0.25, 0.3) is 0 Å². The molecule has 0 bridgehead atoms. The summed E-state index contributed by atoms with van der Waals surface area (Å²) in [4.78, 5) is 38.8. The monoisotopic (exact) mass is 254 g/mol. The van der Waals surface area contributed by atoms with Gasteiger partial charge in [-0.3, -0.25) is 4.79 Å². The molecule has 9 heteroatoms. The van der Waals surface area contributed by atoms with Crippen LogP contribution in [0.3, 0.4) is 0 Å². The van der Waals surface area contributed by atoms with Crippen LogP contribution in [0.1, 0.15) is 13.8 Å². The van der Waals surface area contributed by atoms with Gasteiger partial charge in [-0.15, -0.1) is 0 Å². The highest BCUT2D eigenvalue weighted by Crippen LogP contribution is 1.90. The second-order valence-corrected chi connectivity index (χ2v) is 2.67. The molecule has 0 aliphatic heterocycles. The van der Waals surface area contributed by atoms with Gasteiger partial charge in [0.1, 0.15) is 0 Å². The Labute approximate surface area is 102 Å². The molecule has 0 aromatic carbocycles. The van der Waals surface area contributed by atoms with Gasteiger partial charge in [-0.2, -0.15) is 9.58 Å². The van der Waals surface area contributed by atoms with Crippen LogP contribution < -0.4 is 0 Å². The zero-order valence-electron chi connectivity index (χ0n) is 9.74. The van der Waals surface area contributed by atoms with E-state index in [0.717, 1.165) is 0 Å². The molecule has 9 nitrogen and oxygen atoms in total. The predicted molar refractivity (Wildman–Crippen MR) is 55.5 cm³/mol. The molecule has 0 aromatic heterocycles. The fourth-order valence-corrected chi connectivity index (χ4v) is 0.869. The summed E-state index contributed by atoms with van der Waals surface area (Å²) in [6.07, 6.45) is 0. The van der Waals surface area contributed by atoms with E-state index < -0.39 is 29.1 Å². The molecule has 0 saturated carbocycles. The van der Waals surface area contributed by atoms with Crippen molar-refractivity contribution in [1.29, 1.82) is 0 Å². The van der Waals surface area contributed by atoms with Crippen LogP contribution in [0.2, 0.25) is 0 Å². The number of ketones is 1. The summed E-state index contributed by atoms with van der Waals surface area (Å²) in [6.45, 7) is 2.78. The Bertz CT molecular complexity index is 429. The normalized spacial score (nSPS) is 8.56. The number of Topliss-reactive ketones (excluding diaryl/α,β-unsaturated/α-hetero) is 1. The first-order valence-corrected chi connectivity index (χ1v) is 4.86. The van der Waals surface area contributed by atoms with Crippen LogP contribution >= 0.6 is 0 Å². The molecule has 0 fully saturated rings. The summed E-state index contributed by atoms with van der Waals surface area (Å²) < 4.78 is 8.82. The molecule has 96 valence electrons. The minimum absolute atomic E-state index is 0.0733. The quantitative estimate of drug-likeness (QED) is 0.197. The second-order valence-electron chi connectivity index (χ2n) is 2.67. The van der Waals surface area contributed by atoms with Gasteiger partial charge in [0, 0.05) is 0 Å². The summed E-state index contributed by atoms with van der Waals surface area (Å²) in [5, 5.41) is 0. The van der Waals surface area contributed by atoms with E-state index in [-0.39, 0.29) is 13.2 Å². The molecule has 0 heterocycles. The van der Waals surface area contributed by atoms with E-state index in [1.54, 1.807) is 0 Å². The maximum atomic E-state index is 11.6. The lowest BCUT2D eigenvalue weighted by Gasteiger charge is -1.96. The average Bonchev–Trinajstić information content (AvgIpc) is 2.31. The van der Waals surface area contributed by atoms with E-state index in [4.69, 9.17) is 11.1 Å². The van der Waals surface area contributed by atoms with Crippen molar-refractivity contribution in [2.45, 2.75) is 13.8 Å². The SMILES string of the molecule is CCOC(=O)C(=[N+]=[N-])C(=O)C(=[N+]=[N-])C(=O)OCC. The Balaban J connectivity index is 5.24.